The first kappa shape index (κ1) is 44.9. The second kappa shape index (κ2) is 15.6. The van der Waals surface area contributed by atoms with Crippen LogP contribution in [0.3, 0.4) is 0 Å². The van der Waals surface area contributed by atoms with Crippen molar-refractivity contribution in [3.8, 4) is 0 Å². The predicted octanol–water partition coefficient (Wildman–Crippen LogP) is 12.1. The van der Waals surface area contributed by atoms with Crippen LogP contribution >= 0.6 is 0 Å². The van der Waals surface area contributed by atoms with Gasteiger partial charge in [-0.2, -0.15) is 0 Å². The second-order valence-electron chi connectivity index (χ2n) is 22.8. The molecule has 3 heteroatoms. The summed E-state index contributed by atoms with van der Waals surface area (Å²) in [7, 11) is 0. The van der Waals surface area contributed by atoms with Gasteiger partial charge in [0.05, 0.1) is 0 Å². The SMILES string of the molecule is CC1CN(C(C)(C)C)C(C(C)(C)C)C1C.CCC1C(C)CN(C(C)(C)C)C1C(C)(C)C.CCC1CN(C(C)(C)C)C(C(C)(C)C)C1C. The van der Waals surface area contributed by atoms with E-state index in [-0.39, 0.29) is 0 Å². The molecule has 282 valence electrons. The Kier molecular flexibility index (Phi) is 14.9. The fourth-order valence-corrected chi connectivity index (χ4v) is 10.2. The van der Waals surface area contributed by atoms with E-state index in [0.29, 0.717) is 38.9 Å². The van der Waals surface area contributed by atoms with Gasteiger partial charge < -0.3 is 0 Å². The van der Waals surface area contributed by atoms with Crippen molar-refractivity contribution in [2.24, 2.45) is 51.8 Å². The van der Waals surface area contributed by atoms with Gasteiger partial charge in [0.2, 0.25) is 0 Å². The molecule has 0 aromatic carbocycles. The molecule has 0 aliphatic carbocycles. The van der Waals surface area contributed by atoms with E-state index in [2.05, 4.69) is 181 Å². The monoisotopic (exact) mass is 662 g/mol. The van der Waals surface area contributed by atoms with Gasteiger partial charge >= 0.3 is 0 Å². The van der Waals surface area contributed by atoms with Crippen molar-refractivity contribution in [2.45, 2.75) is 214 Å². The lowest BCUT2D eigenvalue weighted by atomic mass is 9.75. The molecule has 0 spiro atoms. The zero-order chi connectivity index (χ0) is 37.5. The molecule has 3 nitrogen and oxygen atoms in total. The zero-order valence-electron chi connectivity index (χ0n) is 37.1. The predicted molar refractivity (Wildman–Crippen MR) is 213 cm³/mol. The van der Waals surface area contributed by atoms with Gasteiger partial charge in [-0.3, -0.25) is 14.7 Å². The highest BCUT2D eigenvalue weighted by Crippen LogP contribution is 2.46. The lowest BCUT2D eigenvalue weighted by molar-refractivity contribution is 0.0384. The quantitative estimate of drug-likeness (QED) is 0.291. The molecular formula is C44H91N3. The molecule has 3 heterocycles. The van der Waals surface area contributed by atoms with Gasteiger partial charge in [0.1, 0.15) is 0 Å². The van der Waals surface area contributed by atoms with Crippen LogP contribution in [0.5, 0.6) is 0 Å². The highest BCUT2D eigenvalue weighted by Gasteiger charge is 2.49. The fraction of sp³-hybridized carbons (Fsp3) is 1.00. The second-order valence-corrected chi connectivity index (χ2v) is 22.8. The highest BCUT2D eigenvalue weighted by molar-refractivity contribution is 5.02. The Hall–Kier alpha value is -0.120. The zero-order valence-corrected chi connectivity index (χ0v) is 37.1. The Morgan fingerprint density at radius 2 is 0.723 bits per heavy atom. The lowest BCUT2D eigenvalue weighted by Crippen LogP contribution is -2.51. The third-order valence-electron chi connectivity index (χ3n) is 12.4. The maximum atomic E-state index is 2.74. The van der Waals surface area contributed by atoms with Crippen LogP contribution in [-0.2, 0) is 0 Å². The number of rotatable bonds is 2. The molecule has 0 N–H and O–H groups in total. The summed E-state index contributed by atoms with van der Waals surface area (Å²) in [5.41, 5.74) is 2.07. The standard InChI is InChI=1S/2C15H31N.C14H29N/c1-9-12-10-16(15(6,7)8)13(11(12)2)14(3,4)5;1-9-12-11(2)10-16(15(6,7)8)13(12)14(3,4)5;1-10-9-15(14(6,7)8)12(11(10)2)13(3,4)5/h2*11-13H,9-10H2,1-8H3;10-12H,9H2,1-8H3. The minimum absolute atomic E-state index is 0.302. The maximum Gasteiger partial charge on any atom is 0.0180 e. The van der Waals surface area contributed by atoms with Crippen molar-refractivity contribution in [1.82, 2.24) is 14.7 Å². The van der Waals surface area contributed by atoms with Crippen LogP contribution < -0.4 is 0 Å². The number of likely N-dealkylation sites (tertiary alicyclic amines) is 3. The Labute approximate surface area is 299 Å². The van der Waals surface area contributed by atoms with Gasteiger partial charge in [-0.25, -0.2) is 0 Å². The average Bonchev–Trinajstić information content (AvgIpc) is 3.49. The summed E-state index contributed by atoms with van der Waals surface area (Å²) in [5.74, 6) is 5.04. The first-order chi connectivity index (χ1) is 20.7. The van der Waals surface area contributed by atoms with Crippen molar-refractivity contribution < 1.29 is 0 Å². The van der Waals surface area contributed by atoms with Gasteiger partial charge in [-0.1, -0.05) is 117 Å². The van der Waals surface area contributed by atoms with E-state index in [1.807, 2.05) is 0 Å². The Balaban J connectivity index is 0.000000353. The maximum absolute atomic E-state index is 2.74. The van der Waals surface area contributed by atoms with E-state index in [1.165, 1.54) is 32.5 Å². The van der Waals surface area contributed by atoms with Crippen LogP contribution in [0.1, 0.15) is 179 Å². The minimum Gasteiger partial charge on any atom is -0.294 e. The molecule has 0 bridgehead atoms. The van der Waals surface area contributed by atoms with E-state index >= 15 is 0 Å². The molecular weight excluding hydrogens is 571 g/mol. The Morgan fingerprint density at radius 1 is 0.404 bits per heavy atom. The van der Waals surface area contributed by atoms with Crippen molar-refractivity contribution >= 4 is 0 Å². The van der Waals surface area contributed by atoms with Crippen LogP contribution in [-0.4, -0.2) is 69.1 Å². The topological polar surface area (TPSA) is 9.72 Å². The highest BCUT2D eigenvalue weighted by atomic mass is 15.3. The molecule has 0 aromatic heterocycles. The molecule has 3 aliphatic rings. The minimum atomic E-state index is 0.302. The van der Waals surface area contributed by atoms with Crippen molar-refractivity contribution in [2.75, 3.05) is 19.6 Å². The first-order valence-electron chi connectivity index (χ1n) is 20.0. The summed E-state index contributed by atoms with van der Waals surface area (Å²) in [6.45, 7) is 60.9. The van der Waals surface area contributed by atoms with Crippen molar-refractivity contribution in [1.29, 1.82) is 0 Å². The number of hydrogen-bond donors (Lipinski definition) is 0. The van der Waals surface area contributed by atoms with Crippen LogP contribution in [0.2, 0.25) is 0 Å². The van der Waals surface area contributed by atoms with Crippen molar-refractivity contribution in [3.05, 3.63) is 0 Å². The molecule has 0 saturated carbocycles. The summed E-state index contributed by atoms with van der Waals surface area (Å²) < 4.78 is 0. The molecule has 3 fully saturated rings. The van der Waals surface area contributed by atoms with Gasteiger partial charge in [0, 0.05) is 54.4 Å². The van der Waals surface area contributed by atoms with Crippen molar-refractivity contribution in [3.63, 3.8) is 0 Å². The third-order valence-corrected chi connectivity index (χ3v) is 12.4. The van der Waals surface area contributed by atoms with E-state index in [0.717, 1.165) is 47.6 Å². The van der Waals surface area contributed by atoms with Crippen LogP contribution in [0.25, 0.3) is 0 Å². The van der Waals surface area contributed by atoms with E-state index in [4.69, 9.17) is 0 Å². The number of nitrogens with zero attached hydrogens (tertiary/aromatic N) is 3. The van der Waals surface area contributed by atoms with Crippen LogP contribution in [0.15, 0.2) is 0 Å². The summed E-state index contributed by atoms with van der Waals surface area (Å²) in [6.07, 6.45) is 2.63. The van der Waals surface area contributed by atoms with E-state index < -0.39 is 0 Å². The smallest absolute Gasteiger partial charge is 0.0180 e. The van der Waals surface area contributed by atoms with E-state index in [1.54, 1.807) is 0 Å². The Morgan fingerprint density at radius 3 is 1.00 bits per heavy atom. The molecule has 0 radical (unpaired) electrons. The summed E-state index contributed by atoms with van der Waals surface area (Å²) in [6, 6.07) is 2.16. The summed E-state index contributed by atoms with van der Waals surface area (Å²) >= 11 is 0. The molecule has 3 rings (SSSR count). The van der Waals surface area contributed by atoms with Gasteiger partial charge in [-0.05, 0) is 114 Å². The largest absolute Gasteiger partial charge is 0.294 e. The normalized spacial score (nSPS) is 33.8. The average molecular weight is 662 g/mol. The lowest BCUT2D eigenvalue weighted by Gasteiger charge is -2.45. The molecule has 3 aliphatic heterocycles. The fourth-order valence-electron chi connectivity index (χ4n) is 10.2. The molecule has 0 aromatic rings. The molecule has 9 unspecified atom stereocenters. The third kappa shape index (κ3) is 11.4. The van der Waals surface area contributed by atoms with E-state index in [9.17, 15) is 0 Å². The molecule has 47 heavy (non-hydrogen) atoms. The molecule has 0 amide bonds. The first-order valence-corrected chi connectivity index (χ1v) is 20.0. The van der Waals surface area contributed by atoms with Gasteiger partial charge in [0.25, 0.3) is 0 Å². The summed E-state index contributed by atoms with van der Waals surface area (Å²) in [4.78, 5) is 8.19. The molecule has 9 atom stereocenters. The number of hydrogen-bond acceptors (Lipinski definition) is 3. The van der Waals surface area contributed by atoms with Gasteiger partial charge in [0.15, 0.2) is 0 Å². The van der Waals surface area contributed by atoms with Crippen LogP contribution in [0, 0.1) is 51.8 Å². The van der Waals surface area contributed by atoms with Crippen LogP contribution in [0.4, 0.5) is 0 Å². The molecule has 3 saturated heterocycles. The van der Waals surface area contributed by atoms with Gasteiger partial charge in [-0.15, -0.1) is 0 Å². The summed E-state index contributed by atoms with van der Waals surface area (Å²) in [5, 5.41) is 0. The Bertz CT molecular complexity index is 912.